The van der Waals surface area contributed by atoms with Crippen molar-refractivity contribution in [2.45, 2.75) is 33.1 Å². The molecule has 0 unspecified atom stereocenters. The first-order chi connectivity index (χ1) is 8.13. The van der Waals surface area contributed by atoms with Crippen LogP contribution in [0, 0.1) is 0 Å². The van der Waals surface area contributed by atoms with E-state index >= 15 is 0 Å². The SMILES string of the molecule is CCCCC(=O)NN=C(C)c1ccc(Cl)cc1. The molecule has 0 fully saturated rings. The standard InChI is InChI=1S/C13H17ClN2O/c1-3-4-5-13(17)16-15-10(2)11-6-8-12(14)9-7-11/h6-9H,3-5H2,1-2H3,(H,16,17). The fourth-order valence-electron chi connectivity index (χ4n) is 1.30. The zero-order valence-electron chi connectivity index (χ0n) is 10.2. The minimum absolute atomic E-state index is 0.0415. The van der Waals surface area contributed by atoms with Gasteiger partial charge in [-0.3, -0.25) is 4.79 Å². The molecule has 0 saturated carbocycles. The first-order valence-electron chi connectivity index (χ1n) is 5.72. The van der Waals surface area contributed by atoms with E-state index in [4.69, 9.17) is 11.6 Å². The Kier molecular flexibility index (Phi) is 5.70. The van der Waals surface area contributed by atoms with Crippen LogP contribution >= 0.6 is 11.6 Å². The number of halogens is 1. The number of hydrazone groups is 1. The molecule has 0 bridgehead atoms. The van der Waals surface area contributed by atoms with Crippen molar-refractivity contribution < 1.29 is 4.79 Å². The Balaban J connectivity index is 2.54. The summed E-state index contributed by atoms with van der Waals surface area (Å²) < 4.78 is 0. The second-order valence-corrected chi connectivity index (χ2v) is 4.28. The average Bonchev–Trinajstić information content (AvgIpc) is 2.34. The van der Waals surface area contributed by atoms with E-state index in [0.717, 1.165) is 24.1 Å². The van der Waals surface area contributed by atoms with Gasteiger partial charge in [0, 0.05) is 11.4 Å². The van der Waals surface area contributed by atoms with E-state index in [0.29, 0.717) is 11.4 Å². The molecule has 1 amide bonds. The third-order valence-corrected chi connectivity index (χ3v) is 2.62. The Labute approximate surface area is 107 Å². The molecule has 0 aromatic heterocycles. The molecule has 17 heavy (non-hydrogen) atoms. The molecule has 1 aromatic rings. The number of rotatable bonds is 5. The number of amides is 1. The maximum atomic E-state index is 11.4. The minimum atomic E-state index is -0.0415. The monoisotopic (exact) mass is 252 g/mol. The number of nitrogens with zero attached hydrogens (tertiary/aromatic N) is 1. The first-order valence-corrected chi connectivity index (χ1v) is 6.10. The Morgan fingerprint density at radius 2 is 2.00 bits per heavy atom. The summed E-state index contributed by atoms with van der Waals surface area (Å²) >= 11 is 5.79. The van der Waals surface area contributed by atoms with Gasteiger partial charge < -0.3 is 0 Å². The fraction of sp³-hybridized carbons (Fsp3) is 0.385. The second kappa shape index (κ2) is 7.07. The molecule has 1 N–H and O–H groups in total. The van der Waals surface area contributed by atoms with Crippen LogP contribution in [0.15, 0.2) is 29.4 Å². The lowest BCUT2D eigenvalue weighted by atomic mass is 10.1. The lowest BCUT2D eigenvalue weighted by Crippen LogP contribution is -2.18. The Hall–Kier alpha value is -1.35. The largest absolute Gasteiger partial charge is 0.273 e. The van der Waals surface area contributed by atoms with Gasteiger partial charge in [-0.05, 0) is 31.0 Å². The Morgan fingerprint density at radius 1 is 1.35 bits per heavy atom. The van der Waals surface area contributed by atoms with Gasteiger partial charge in [-0.1, -0.05) is 37.1 Å². The highest BCUT2D eigenvalue weighted by molar-refractivity contribution is 6.30. The zero-order chi connectivity index (χ0) is 12.7. The van der Waals surface area contributed by atoms with Crippen molar-refractivity contribution in [1.29, 1.82) is 0 Å². The summed E-state index contributed by atoms with van der Waals surface area (Å²) in [5.41, 5.74) is 4.27. The maximum Gasteiger partial charge on any atom is 0.240 e. The van der Waals surface area contributed by atoms with Gasteiger partial charge in [0.05, 0.1) is 5.71 Å². The van der Waals surface area contributed by atoms with Crippen molar-refractivity contribution in [2.24, 2.45) is 5.10 Å². The summed E-state index contributed by atoms with van der Waals surface area (Å²) in [6, 6.07) is 7.35. The van der Waals surface area contributed by atoms with E-state index in [9.17, 15) is 4.79 Å². The highest BCUT2D eigenvalue weighted by Gasteiger charge is 2.00. The van der Waals surface area contributed by atoms with Gasteiger partial charge in [-0.25, -0.2) is 5.43 Å². The molecule has 0 radical (unpaired) electrons. The normalized spacial score (nSPS) is 11.4. The van der Waals surface area contributed by atoms with Gasteiger partial charge in [-0.2, -0.15) is 5.10 Å². The number of carbonyl (C=O) groups excluding carboxylic acids is 1. The van der Waals surface area contributed by atoms with E-state index in [1.54, 1.807) is 12.1 Å². The molecule has 0 heterocycles. The molecule has 0 aliphatic heterocycles. The molecule has 92 valence electrons. The maximum absolute atomic E-state index is 11.4. The molecule has 0 atom stereocenters. The van der Waals surface area contributed by atoms with Gasteiger partial charge in [0.1, 0.15) is 0 Å². The Morgan fingerprint density at radius 3 is 2.59 bits per heavy atom. The van der Waals surface area contributed by atoms with Gasteiger partial charge >= 0.3 is 0 Å². The molecule has 1 rings (SSSR count). The summed E-state index contributed by atoms with van der Waals surface area (Å²) in [6.07, 6.45) is 2.42. The average molecular weight is 253 g/mol. The van der Waals surface area contributed by atoms with Crippen molar-refractivity contribution in [3.63, 3.8) is 0 Å². The predicted molar refractivity (Wildman–Crippen MR) is 71.3 cm³/mol. The molecular weight excluding hydrogens is 236 g/mol. The van der Waals surface area contributed by atoms with Crippen LogP contribution in [0.4, 0.5) is 0 Å². The van der Waals surface area contributed by atoms with Gasteiger partial charge in [0.15, 0.2) is 0 Å². The topological polar surface area (TPSA) is 41.5 Å². The summed E-state index contributed by atoms with van der Waals surface area (Å²) in [6.45, 7) is 3.90. The van der Waals surface area contributed by atoms with Crippen LogP contribution in [0.1, 0.15) is 38.7 Å². The lowest BCUT2D eigenvalue weighted by Gasteiger charge is -2.02. The molecule has 0 aliphatic rings. The van der Waals surface area contributed by atoms with Crippen LogP contribution in [0.25, 0.3) is 0 Å². The summed E-state index contributed by atoms with van der Waals surface area (Å²) in [4.78, 5) is 11.4. The van der Waals surface area contributed by atoms with E-state index in [1.807, 2.05) is 19.1 Å². The third-order valence-electron chi connectivity index (χ3n) is 2.37. The fourth-order valence-corrected chi connectivity index (χ4v) is 1.42. The number of unbranched alkanes of at least 4 members (excludes halogenated alkanes) is 1. The summed E-state index contributed by atoms with van der Waals surface area (Å²) in [5.74, 6) is -0.0415. The van der Waals surface area contributed by atoms with Crippen molar-refractivity contribution in [2.75, 3.05) is 0 Å². The smallest absolute Gasteiger partial charge is 0.240 e. The number of hydrogen-bond donors (Lipinski definition) is 1. The highest BCUT2D eigenvalue weighted by atomic mass is 35.5. The van der Waals surface area contributed by atoms with E-state index in [2.05, 4.69) is 17.5 Å². The van der Waals surface area contributed by atoms with E-state index in [-0.39, 0.29) is 5.91 Å². The first kappa shape index (κ1) is 13.7. The number of benzene rings is 1. The van der Waals surface area contributed by atoms with Gasteiger partial charge in [-0.15, -0.1) is 0 Å². The quantitative estimate of drug-likeness (QED) is 0.634. The number of carbonyl (C=O) groups is 1. The molecule has 0 spiro atoms. The molecular formula is C13H17ClN2O. The molecule has 3 nitrogen and oxygen atoms in total. The highest BCUT2D eigenvalue weighted by Crippen LogP contribution is 2.10. The zero-order valence-corrected chi connectivity index (χ0v) is 10.9. The Bertz CT molecular complexity index is 398. The minimum Gasteiger partial charge on any atom is -0.273 e. The van der Waals surface area contributed by atoms with Gasteiger partial charge in [0.25, 0.3) is 0 Å². The lowest BCUT2D eigenvalue weighted by molar-refractivity contribution is -0.121. The molecule has 1 aromatic carbocycles. The second-order valence-electron chi connectivity index (χ2n) is 3.84. The number of hydrogen-bond acceptors (Lipinski definition) is 2. The van der Waals surface area contributed by atoms with Crippen molar-refractivity contribution in [1.82, 2.24) is 5.43 Å². The third kappa shape index (κ3) is 5.00. The van der Waals surface area contributed by atoms with Crippen molar-refractivity contribution in [3.05, 3.63) is 34.9 Å². The van der Waals surface area contributed by atoms with Crippen LogP contribution in [0.3, 0.4) is 0 Å². The molecule has 0 aliphatic carbocycles. The van der Waals surface area contributed by atoms with Crippen LogP contribution in [0.5, 0.6) is 0 Å². The van der Waals surface area contributed by atoms with Crippen LogP contribution in [-0.4, -0.2) is 11.6 Å². The van der Waals surface area contributed by atoms with Crippen molar-refractivity contribution >= 4 is 23.2 Å². The van der Waals surface area contributed by atoms with E-state index in [1.165, 1.54) is 0 Å². The van der Waals surface area contributed by atoms with Crippen LogP contribution in [-0.2, 0) is 4.79 Å². The van der Waals surface area contributed by atoms with Crippen molar-refractivity contribution in [3.8, 4) is 0 Å². The summed E-state index contributed by atoms with van der Waals surface area (Å²) in [5, 5.41) is 4.74. The van der Waals surface area contributed by atoms with E-state index < -0.39 is 0 Å². The van der Waals surface area contributed by atoms with Crippen LogP contribution in [0.2, 0.25) is 5.02 Å². The van der Waals surface area contributed by atoms with Gasteiger partial charge in [0.2, 0.25) is 5.91 Å². The predicted octanol–water partition coefficient (Wildman–Crippen LogP) is 3.37. The molecule has 0 saturated heterocycles. The van der Waals surface area contributed by atoms with Crippen LogP contribution < -0.4 is 5.43 Å². The number of nitrogens with one attached hydrogen (secondary N) is 1. The molecule has 4 heteroatoms. The summed E-state index contributed by atoms with van der Waals surface area (Å²) in [7, 11) is 0.